The van der Waals surface area contributed by atoms with Gasteiger partial charge in [-0.15, -0.1) is 0 Å². The predicted molar refractivity (Wildman–Crippen MR) is 66.9 cm³/mol. The van der Waals surface area contributed by atoms with Crippen molar-refractivity contribution in [2.45, 2.75) is 32.4 Å². The van der Waals surface area contributed by atoms with Crippen LogP contribution in [-0.2, 0) is 0 Å². The normalized spacial score (nSPS) is 14.9. The maximum atomic E-state index is 9.24. The molecule has 1 aromatic rings. The number of rotatable bonds is 5. The fourth-order valence-corrected chi connectivity index (χ4v) is 2.11. The Bertz CT molecular complexity index is 301. The molecule has 1 aromatic carbocycles. The summed E-state index contributed by atoms with van der Waals surface area (Å²) < 4.78 is 1.12. The van der Waals surface area contributed by atoms with Crippen LogP contribution in [0.5, 0.6) is 0 Å². The fraction of sp³-hybridized carbons (Fsp3) is 0.500. The van der Waals surface area contributed by atoms with Gasteiger partial charge in [0.1, 0.15) is 0 Å². The lowest BCUT2D eigenvalue weighted by Crippen LogP contribution is -2.28. The minimum atomic E-state index is -0.304. The predicted octanol–water partition coefficient (Wildman–Crippen LogP) is 2.87. The molecule has 0 aliphatic heterocycles. The van der Waals surface area contributed by atoms with Gasteiger partial charge in [-0.2, -0.15) is 0 Å². The van der Waals surface area contributed by atoms with Gasteiger partial charge >= 0.3 is 0 Å². The molecule has 0 fully saturated rings. The van der Waals surface area contributed by atoms with Crippen LogP contribution in [0, 0.1) is 0 Å². The minimum Gasteiger partial charge on any atom is -0.392 e. The highest BCUT2D eigenvalue weighted by molar-refractivity contribution is 9.10. The Morgan fingerprint density at radius 2 is 2.07 bits per heavy atom. The average molecular weight is 272 g/mol. The van der Waals surface area contributed by atoms with Crippen molar-refractivity contribution in [1.29, 1.82) is 0 Å². The van der Waals surface area contributed by atoms with Gasteiger partial charge in [-0.05, 0) is 25.0 Å². The molecule has 0 saturated heterocycles. The lowest BCUT2D eigenvalue weighted by Gasteiger charge is -2.19. The third-order valence-corrected chi connectivity index (χ3v) is 3.07. The Hall–Kier alpha value is -0.380. The minimum absolute atomic E-state index is 0.301. The van der Waals surface area contributed by atoms with Gasteiger partial charge in [0.2, 0.25) is 0 Å². The summed E-state index contributed by atoms with van der Waals surface area (Å²) in [6.45, 7) is 4.55. The molecule has 0 radical (unpaired) electrons. The summed E-state index contributed by atoms with van der Waals surface area (Å²) in [5, 5.41) is 12.6. The molecule has 84 valence electrons. The van der Waals surface area contributed by atoms with E-state index in [0.717, 1.165) is 10.9 Å². The Labute approximate surface area is 99.8 Å². The monoisotopic (exact) mass is 271 g/mol. The van der Waals surface area contributed by atoms with Crippen molar-refractivity contribution in [1.82, 2.24) is 5.32 Å². The van der Waals surface area contributed by atoms with E-state index in [1.165, 1.54) is 5.56 Å². The van der Waals surface area contributed by atoms with E-state index < -0.39 is 0 Å². The highest BCUT2D eigenvalue weighted by Crippen LogP contribution is 2.24. The fourth-order valence-electron chi connectivity index (χ4n) is 1.54. The molecule has 0 aliphatic carbocycles. The molecule has 0 saturated carbocycles. The zero-order valence-corrected chi connectivity index (χ0v) is 10.8. The number of aliphatic hydroxyl groups excluding tert-OH is 1. The van der Waals surface area contributed by atoms with E-state index in [1.807, 2.05) is 18.2 Å². The van der Waals surface area contributed by atoms with Crippen LogP contribution < -0.4 is 5.32 Å². The molecule has 2 unspecified atom stereocenters. The number of hydrogen-bond donors (Lipinski definition) is 2. The molecule has 2 N–H and O–H groups in total. The smallest absolute Gasteiger partial charge is 0.0636 e. The Kier molecular flexibility index (Phi) is 5.29. The van der Waals surface area contributed by atoms with Crippen LogP contribution >= 0.6 is 15.9 Å². The first-order chi connectivity index (χ1) is 7.15. The summed E-state index contributed by atoms with van der Waals surface area (Å²) in [6.07, 6.45) is 0.705. The van der Waals surface area contributed by atoms with Crippen LogP contribution in [0.3, 0.4) is 0 Å². The standard InChI is InChI=1S/C12H18BrNO/c1-3-12(14-8-9(2)15)10-6-4-5-7-11(10)13/h4-7,9,12,14-15H,3,8H2,1-2H3. The molecule has 3 heteroatoms. The number of hydrogen-bond acceptors (Lipinski definition) is 2. The molecular weight excluding hydrogens is 254 g/mol. The molecule has 0 aromatic heterocycles. The highest BCUT2D eigenvalue weighted by atomic mass is 79.9. The summed E-state index contributed by atoms with van der Waals surface area (Å²) in [7, 11) is 0. The SMILES string of the molecule is CCC(NCC(C)O)c1ccccc1Br. The largest absolute Gasteiger partial charge is 0.392 e. The summed E-state index contributed by atoms with van der Waals surface area (Å²) >= 11 is 3.54. The highest BCUT2D eigenvalue weighted by Gasteiger charge is 2.11. The number of halogens is 1. The van der Waals surface area contributed by atoms with Gasteiger partial charge in [-0.3, -0.25) is 0 Å². The van der Waals surface area contributed by atoms with Crippen LogP contribution in [0.2, 0.25) is 0 Å². The van der Waals surface area contributed by atoms with Crippen molar-refractivity contribution in [2.24, 2.45) is 0 Å². The zero-order chi connectivity index (χ0) is 11.3. The summed E-state index contributed by atoms with van der Waals surface area (Å²) in [6, 6.07) is 8.49. The number of benzene rings is 1. The van der Waals surface area contributed by atoms with E-state index in [2.05, 4.69) is 34.2 Å². The zero-order valence-electron chi connectivity index (χ0n) is 9.20. The van der Waals surface area contributed by atoms with Crippen molar-refractivity contribution < 1.29 is 5.11 Å². The van der Waals surface area contributed by atoms with Crippen LogP contribution in [0.4, 0.5) is 0 Å². The van der Waals surface area contributed by atoms with Crippen molar-refractivity contribution >= 4 is 15.9 Å². The molecule has 2 atom stereocenters. The number of aliphatic hydroxyl groups is 1. The topological polar surface area (TPSA) is 32.3 Å². The van der Waals surface area contributed by atoms with Crippen LogP contribution in [0.25, 0.3) is 0 Å². The van der Waals surface area contributed by atoms with Crippen molar-refractivity contribution in [2.75, 3.05) is 6.54 Å². The van der Waals surface area contributed by atoms with Gasteiger partial charge in [0, 0.05) is 17.1 Å². The molecule has 0 amide bonds. The van der Waals surface area contributed by atoms with Gasteiger partial charge < -0.3 is 10.4 Å². The molecule has 0 spiro atoms. The first kappa shape index (κ1) is 12.7. The molecular formula is C12H18BrNO. The summed E-state index contributed by atoms with van der Waals surface area (Å²) in [4.78, 5) is 0. The van der Waals surface area contributed by atoms with Crippen LogP contribution in [-0.4, -0.2) is 17.8 Å². The van der Waals surface area contributed by atoms with Crippen molar-refractivity contribution in [3.8, 4) is 0 Å². The van der Waals surface area contributed by atoms with Gasteiger partial charge in [-0.25, -0.2) is 0 Å². The van der Waals surface area contributed by atoms with Gasteiger partial charge in [0.25, 0.3) is 0 Å². The van der Waals surface area contributed by atoms with Crippen LogP contribution in [0.1, 0.15) is 31.9 Å². The average Bonchev–Trinajstić information content (AvgIpc) is 2.21. The van der Waals surface area contributed by atoms with Gasteiger partial charge in [0.05, 0.1) is 6.10 Å². The lowest BCUT2D eigenvalue weighted by molar-refractivity contribution is 0.185. The van der Waals surface area contributed by atoms with Crippen molar-refractivity contribution in [3.63, 3.8) is 0 Å². The first-order valence-electron chi connectivity index (χ1n) is 5.31. The molecule has 0 bridgehead atoms. The van der Waals surface area contributed by atoms with Crippen molar-refractivity contribution in [3.05, 3.63) is 34.3 Å². The molecule has 0 heterocycles. The number of nitrogens with one attached hydrogen (secondary N) is 1. The summed E-state index contributed by atoms with van der Waals surface area (Å²) in [5.41, 5.74) is 1.25. The second-order valence-corrected chi connectivity index (χ2v) is 4.59. The van der Waals surface area contributed by atoms with Gasteiger partial charge in [0.15, 0.2) is 0 Å². The maximum absolute atomic E-state index is 9.24. The lowest BCUT2D eigenvalue weighted by atomic mass is 10.0. The second-order valence-electron chi connectivity index (χ2n) is 3.74. The van der Waals surface area contributed by atoms with E-state index in [-0.39, 0.29) is 6.10 Å². The van der Waals surface area contributed by atoms with E-state index in [1.54, 1.807) is 6.92 Å². The Morgan fingerprint density at radius 1 is 1.40 bits per heavy atom. The molecule has 0 aliphatic rings. The third-order valence-electron chi connectivity index (χ3n) is 2.35. The first-order valence-corrected chi connectivity index (χ1v) is 6.10. The second kappa shape index (κ2) is 6.26. The third kappa shape index (κ3) is 3.93. The molecule has 1 rings (SSSR count). The van der Waals surface area contributed by atoms with E-state index in [0.29, 0.717) is 12.6 Å². The van der Waals surface area contributed by atoms with Gasteiger partial charge in [-0.1, -0.05) is 41.1 Å². The molecule has 2 nitrogen and oxygen atoms in total. The van der Waals surface area contributed by atoms with Crippen LogP contribution in [0.15, 0.2) is 28.7 Å². The van der Waals surface area contributed by atoms with E-state index >= 15 is 0 Å². The maximum Gasteiger partial charge on any atom is 0.0636 e. The van der Waals surface area contributed by atoms with E-state index in [9.17, 15) is 5.11 Å². The molecule has 15 heavy (non-hydrogen) atoms. The Balaban J connectivity index is 2.70. The Morgan fingerprint density at radius 3 is 2.60 bits per heavy atom. The summed E-state index contributed by atoms with van der Waals surface area (Å²) in [5.74, 6) is 0. The van der Waals surface area contributed by atoms with E-state index in [4.69, 9.17) is 0 Å². The quantitative estimate of drug-likeness (QED) is 0.863.